The van der Waals surface area contributed by atoms with E-state index in [0.717, 1.165) is 36.0 Å². The Morgan fingerprint density at radius 2 is 2.00 bits per heavy atom. The highest BCUT2D eigenvalue weighted by atomic mass is 79.9. The van der Waals surface area contributed by atoms with Gasteiger partial charge >= 0.3 is 0 Å². The third kappa shape index (κ3) is 5.04. The van der Waals surface area contributed by atoms with Gasteiger partial charge in [-0.2, -0.15) is 4.98 Å². The smallest absolute Gasteiger partial charge is 0.241 e. The van der Waals surface area contributed by atoms with Crippen LogP contribution in [0, 0.1) is 5.92 Å². The highest BCUT2D eigenvalue weighted by Crippen LogP contribution is 2.25. The number of carbonyl (C=O) groups is 1. The molecule has 6 nitrogen and oxygen atoms in total. The van der Waals surface area contributed by atoms with E-state index < -0.39 is 0 Å². The van der Waals surface area contributed by atoms with Crippen LogP contribution in [0.4, 0.5) is 5.69 Å². The first-order chi connectivity index (χ1) is 14.1. The fraction of sp³-hybridized carbons (Fsp3) is 0.286. The molecule has 8 heteroatoms. The number of nitrogens with one attached hydrogen (secondary N) is 1. The maximum Gasteiger partial charge on any atom is 0.241 e. The van der Waals surface area contributed by atoms with E-state index in [-0.39, 0.29) is 11.8 Å². The summed E-state index contributed by atoms with van der Waals surface area (Å²) in [5, 5.41) is 7.57. The van der Waals surface area contributed by atoms with Gasteiger partial charge in [0.15, 0.2) is 0 Å². The molecule has 1 aromatic heterocycles. The molecule has 2 aromatic carbocycles. The minimum Gasteiger partial charge on any atom is -0.338 e. The van der Waals surface area contributed by atoms with Gasteiger partial charge in [-0.05, 0) is 50.2 Å². The number of benzene rings is 2. The van der Waals surface area contributed by atoms with Crippen molar-refractivity contribution in [2.45, 2.75) is 19.4 Å². The molecule has 1 aliphatic heterocycles. The summed E-state index contributed by atoms with van der Waals surface area (Å²) in [5.74, 6) is 1.16. The molecule has 0 unspecified atom stereocenters. The Hall–Kier alpha value is -2.22. The lowest BCUT2D eigenvalue weighted by molar-refractivity contribution is -0.121. The second-order valence-electron chi connectivity index (χ2n) is 7.04. The maximum absolute atomic E-state index is 12.5. The number of likely N-dealkylation sites (tertiary alicyclic amines) is 1. The normalized spacial score (nSPS) is 15.4. The molecule has 0 radical (unpaired) electrons. The number of hydrogen-bond donors (Lipinski definition) is 1. The molecular formula is C21H20BrClN4O2. The predicted octanol–water partition coefficient (Wildman–Crippen LogP) is 5.00. The van der Waals surface area contributed by atoms with E-state index in [1.54, 1.807) is 6.07 Å². The molecule has 4 rings (SSSR count). The first kappa shape index (κ1) is 20.1. The van der Waals surface area contributed by atoms with E-state index in [2.05, 4.69) is 36.3 Å². The van der Waals surface area contributed by atoms with E-state index in [4.69, 9.17) is 16.1 Å². The Bertz CT molecular complexity index is 1000. The zero-order valence-electron chi connectivity index (χ0n) is 15.6. The van der Waals surface area contributed by atoms with Crippen LogP contribution in [-0.4, -0.2) is 34.0 Å². The molecule has 29 heavy (non-hydrogen) atoms. The molecule has 1 N–H and O–H groups in total. The van der Waals surface area contributed by atoms with Gasteiger partial charge in [-0.25, -0.2) is 0 Å². The number of carbonyl (C=O) groups excluding carboxylic acids is 1. The summed E-state index contributed by atoms with van der Waals surface area (Å²) in [5.41, 5.74) is 1.57. The van der Waals surface area contributed by atoms with Crippen molar-refractivity contribution in [3.05, 3.63) is 63.9 Å². The third-order valence-corrected chi connectivity index (χ3v) is 5.82. The van der Waals surface area contributed by atoms with Crippen molar-refractivity contribution in [1.29, 1.82) is 0 Å². The number of nitrogens with zero attached hydrogens (tertiary/aromatic N) is 3. The van der Waals surface area contributed by atoms with E-state index >= 15 is 0 Å². The maximum atomic E-state index is 12.5. The lowest BCUT2D eigenvalue weighted by Crippen LogP contribution is -2.37. The number of amides is 1. The summed E-state index contributed by atoms with van der Waals surface area (Å²) >= 11 is 9.58. The van der Waals surface area contributed by atoms with Crippen molar-refractivity contribution in [2.24, 2.45) is 5.92 Å². The summed E-state index contributed by atoms with van der Waals surface area (Å²) in [4.78, 5) is 19.3. The molecule has 1 amide bonds. The van der Waals surface area contributed by atoms with Gasteiger partial charge in [-0.15, -0.1) is 0 Å². The van der Waals surface area contributed by atoms with Gasteiger partial charge in [-0.1, -0.05) is 57.0 Å². The van der Waals surface area contributed by atoms with Crippen LogP contribution in [0.5, 0.6) is 0 Å². The number of para-hydroxylation sites is 1. The van der Waals surface area contributed by atoms with Gasteiger partial charge in [0.1, 0.15) is 0 Å². The van der Waals surface area contributed by atoms with Gasteiger partial charge in [-0.3, -0.25) is 9.69 Å². The Morgan fingerprint density at radius 3 is 2.76 bits per heavy atom. The SMILES string of the molecule is O=C(Nc1ccccc1Cl)C1CCN(Cc2nc(-c3cccc(Br)c3)no2)CC1. The number of halogens is 2. The van der Waals surface area contributed by atoms with Crippen molar-refractivity contribution < 1.29 is 9.32 Å². The monoisotopic (exact) mass is 474 g/mol. The van der Waals surface area contributed by atoms with E-state index in [0.29, 0.717) is 29.0 Å². The minimum absolute atomic E-state index is 0.0208. The van der Waals surface area contributed by atoms with E-state index in [1.807, 2.05) is 42.5 Å². The molecule has 150 valence electrons. The molecule has 0 spiro atoms. The number of piperidine rings is 1. The molecule has 1 saturated heterocycles. The molecule has 0 aliphatic carbocycles. The molecule has 2 heterocycles. The highest BCUT2D eigenvalue weighted by molar-refractivity contribution is 9.10. The second kappa shape index (κ2) is 9.07. The second-order valence-corrected chi connectivity index (χ2v) is 8.36. The van der Waals surface area contributed by atoms with Crippen LogP contribution in [0.1, 0.15) is 18.7 Å². The largest absolute Gasteiger partial charge is 0.338 e. The van der Waals surface area contributed by atoms with Crippen LogP contribution in [0.3, 0.4) is 0 Å². The van der Waals surface area contributed by atoms with Gasteiger partial charge in [0.05, 0.1) is 17.3 Å². The highest BCUT2D eigenvalue weighted by Gasteiger charge is 2.26. The average Bonchev–Trinajstić information content (AvgIpc) is 3.19. The van der Waals surface area contributed by atoms with Gasteiger partial charge in [0.2, 0.25) is 17.6 Å². The van der Waals surface area contributed by atoms with Crippen LogP contribution >= 0.6 is 27.5 Å². The van der Waals surface area contributed by atoms with Gasteiger partial charge in [0, 0.05) is 16.0 Å². The molecule has 3 aromatic rings. The number of hydrogen-bond acceptors (Lipinski definition) is 5. The van der Waals surface area contributed by atoms with Crippen LogP contribution in [0.25, 0.3) is 11.4 Å². The first-order valence-electron chi connectivity index (χ1n) is 9.45. The van der Waals surface area contributed by atoms with Crippen molar-refractivity contribution in [2.75, 3.05) is 18.4 Å². The van der Waals surface area contributed by atoms with E-state index in [9.17, 15) is 4.79 Å². The zero-order chi connectivity index (χ0) is 20.2. The fourth-order valence-corrected chi connectivity index (χ4v) is 3.99. The summed E-state index contributed by atoms with van der Waals surface area (Å²) in [6.45, 7) is 2.18. The summed E-state index contributed by atoms with van der Waals surface area (Å²) in [6, 6.07) is 15.1. The molecule has 0 bridgehead atoms. The van der Waals surface area contributed by atoms with Crippen molar-refractivity contribution in [3.63, 3.8) is 0 Å². The molecule has 1 fully saturated rings. The molecule has 1 aliphatic rings. The molecule has 0 atom stereocenters. The minimum atomic E-state index is -0.0255. The number of rotatable bonds is 5. The van der Waals surface area contributed by atoms with Gasteiger partial charge < -0.3 is 9.84 Å². The average molecular weight is 476 g/mol. The Morgan fingerprint density at radius 1 is 1.21 bits per heavy atom. The Balaban J connectivity index is 1.30. The van der Waals surface area contributed by atoms with Crippen LogP contribution in [0.2, 0.25) is 5.02 Å². The predicted molar refractivity (Wildman–Crippen MR) is 116 cm³/mol. The van der Waals surface area contributed by atoms with Crippen molar-refractivity contribution >= 4 is 39.1 Å². The summed E-state index contributed by atoms with van der Waals surface area (Å²) in [6.07, 6.45) is 1.56. The summed E-state index contributed by atoms with van der Waals surface area (Å²) < 4.78 is 6.39. The topological polar surface area (TPSA) is 71.3 Å². The van der Waals surface area contributed by atoms with Crippen molar-refractivity contribution in [3.8, 4) is 11.4 Å². The number of aromatic nitrogens is 2. The van der Waals surface area contributed by atoms with Crippen LogP contribution in [0.15, 0.2) is 57.5 Å². The van der Waals surface area contributed by atoms with Gasteiger partial charge in [0.25, 0.3) is 0 Å². The van der Waals surface area contributed by atoms with E-state index in [1.165, 1.54) is 0 Å². The third-order valence-electron chi connectivity index (χ3n) is 5.00. The zero-order valence-corrected chi connectivity index (χ0v) is 18.0. The molecular weight excluding hydrogens is 456 g/mol. The fourth-order valence-electron chi connectivity index (χ4n) is 3.41. The lowest BCUT2D eigenvalue weighted by atomic mass is 9.96. The first-order valence-corrected chi connectivity index (χ1v) is 10.6. The van der Waals surface area contributed by atoms with Crippen LogP contribution in [-0.2, 0) is 11.3 Å². The summed E-state index contributed by atoms with van der Waals surface area (Å²) in [7, 11) is 0. The Kier molecular flexibility index (Phi) is 6.28. The Labute approximate surface area is 182 Å². The van der Waals surface area contributed by atoms with Crippen molar-refractivity contribution in [1.82, 2.24) is 15.0 Å². The molecule has 0 saturated carbocycles. The standard InChI is InChI=1S/C21H20BrClN4O2/c22-16-5-3-4-15(12-16)20-25-19(29-26-20)13-27-10-8-14(9-11-27)21(28)24-18-7-2-1-6-17(18)23/h1-7,12,14H,8-11,13H2,(H,24,28). The lowest BCUT2D eigenvalue weighted by Gasteiger charge is -2.30. The van der Waals surface area contributed by atoms with Crippen LogP contribution < -0.4 is 5.32 Å². The quantitative estimate of drug-likeness (QED) is 0.562. The number of anilines is 1.